The second-order valence-corrected chi connectivity index (χ2v) is 4.85. The van der Waals surface area contributed by atoms with Crippen LogP contribution in [0.2, 0.25) is 0 Å². The van der Waals surface area contributed by atoms with Crippen LogP contribution in [0.1, 0.15) is 31.4 Å². The second-order valence-electron chi connectivity index (χ2n) is 4.85. The van der Waals surface area contributed by atoms with Crippen molar-refractivity contribution in [3.63, 3.8) is 0 Å². The Hall–Kier alpha value is -1.03. The number of anilines is 1. The highest BCUT2D eigenvalue weighted by Gasteiger charge is 2.19. The number of hydrogen-bond donors (Lipinski definition) is 1. The fourth-order valence-electron chi connectivity index (χ4n) is 2.54. The average molecular weight is 222 g/mol. The zero-order valence-corrected chi connectivity index (χ0v) is 10.3. The van der Waals surface area contributed by atoms with E-state index in [1.807, 2.05) is 17.7 Å². The first-order chi connectivity index (χ1) is 7.66. The number of nitrogens with two attached hydrogens (primary N) is 1. The van der Waals surface area contributed by atoms with E-state index in [-0.39, 0.29) is 0 Å². The van der Waals surface area contributed by atoms with Crippen LogP contribution in [-0.4, -0.2) is 34.1 Å². The number of hydrogen-bond acceptors (Lipinski definition) is 3. The van der Waals surface area contributed by atoms with E-state index in [4.69, 9.17) is 5.73 Å². The van der Waals surface area contributed by atoms with Gasteiger partial charge in [0.1, 0.15) is 0 Å². The van der Waals surface area contributed by atoms with E-state index in [0.29, 0.717) is 5.95 Å². The predicted octanol–water partition coefficient (Wildman–Crippen LogP) is 1.65. The van der Waals surface area contributed by atoms with Crippen LogP contribution < -0.4 is 5.73 Å². The molecular weight excluding hydrogens is 200 g/mol. The highest BCUT2D eigenvalue weighted by molar-refractivity contribution is 5.21. The summed E-state index contributed by atoms with van der Waals surface area (Å²) in [5, 5.41) is 0. The van der Waals surface area contributed by atoms with Crippen LogP contribution in [0.3, 0.4) is 0 Å². The zero-order chi connectivity index (χ0) is 11.5. The van der Waals surface area contributed by atoms with Crippen molar-refractivity contribution in [2.45, 2.75) is 45.2 Å². The van der Waals surface area contributed by atoms with E-state index in [1.165, 1.54) is 25.7 Å². The van der Waals surface area contributed by atoms with Crippen LogP contribution in [0.5, 0.6) is 0 Å². The Morgan fingerprint density at radius 3 is 2.75 bits per heavy atom. The van der Waals surface area contributed by atoms with Gasteiger partial charge < -0.3 is 15.2 Å². The normalized spacial score (nSPS) is 17.4. The summed E-state index contributed by atoms with van der Waals surface area (Å²) in [6.45, 7) is 3.98. The maximum Gasteiger partial charge on any atom is 0.200 e. The van der Waals surface area contributed by atoms with Gasteiger partial charge in [-0.15, -0.1) is 0 Å². The zero-order valence-electron chi connectivity index (χ0n) is 10.3. The van der Waals surface area contributed by atoms with Crippen molar-refractivity contribution in [3.8, 4) is 0 Å². The molecule has 4 nitrogen and oxygen atoms in total. The highest BCUT2D eigenvalue weighted by Crippen LogP contribution is 2.22. The van der Waals surface area contributed by atoms with Crippen LogP contribution in [0.25, 0.3) is 0 Å². The van der Waals surface area contributed by atoms with Gasteiger partial charge in [0.25, 0.3) is 0 Å². The largest absolute Gasteiger partial charge is 0.369 e. The number of nitrogen functional groups attached to an aromatic ring is 1. The molecule has 0 unspecified atom stereocenters. The van der Waals surface area contributed by atoms with Crippen molar-refractivity contribution in [3.05, 3.63) is 11.9 Å². The average Bonchev–Trinajstić information content (AvgIpc) is 2.84. The van der Waals surface area contributed by atoms with E-state index in [9.17, 15) is 0 Å². The lowest BCUT2D eigenvalue weighted by Crippen LogP contribution is -2.32. The van der Waals surface area contributed by atoms with Gasteiger partial charge in [0, 0.05) is 25.3 Å². The maximum absolute atomic E-state index is 5.81. The molecule has 0 atom stereocenters. The summed E-state index contributed by atoms with van der Waals surface area (Å²) < 4.78 is 2.04. The smallest absolute Gasteiger partial charge is 0.200 e. The van der Waals surface area contributed by atoms with Crippen LogP contribution >= 0.6 is 0 Å². The minimum Gasteiger partial charge on any atom is -0.369 e. The predicted molar refractivity (Wildman–Crippen MR) is 66.3 cm³/mol. The summed E-state index contributed by atoms with van der Waals surface area (Å²) in [5.41, 5.74) is 6.82. The Balaban J connectivity index is 1.84. The summed E-state index contributed by atoms with van der Waals surface area (Å²) in [7, 11) is 2.22. The van der Waals surface area contributed by atoms with Crippen LogP contribution in [0.15, 0.2) is 6.20 Å². The summed E-state index contributed by atoms with van der Waals surface area (Å²) in [6.07, 6.45) is 7.52. The molecule has 0 spiro atoms. The Morgan fingerprint density at radius 1 is 1.50 bits per heavy atom. The molecule has 0 saturated heterocycles. The third-order valence-electron chi connectivity index (χ3n) is 3.57. The van der Waals surface area contributed by atoms with Gasteiger partial charge in [0.15, 0.2) is 5.95 Å². The second kappa shape index (κ2) is 4.87. The van der Waals surface area contributed by atoms with Crippen LogP contribution in [0.4, 0.5) is 5.95 Å². The molecule has 2 rings (SSSR count). The SMILES string of the molecule is Cc1cn(CCN(C)C2CCCC2)c(N)n1. The van der Waals surface area contributed by atoms with Crippen molar-refractivity contribution in [2.75, 3.05) is 19.3 Å². The van der Waals surface area contributed by atoms with Crippen molar-refractivity contribution in [1.29, 1.82) is 0 Å². The molecule has 4 heteroatoms. The fraction of sp³-hybridized carbons (Fsp3) is 0.750. The number of rotatable bonds is 4. The van der Waals surface area contributed by atoms with Gasteiger partial charge in [-0.25, -0.2) is 4.98 Å². The summed E-state index contributed by atoms with van der Waals surface area (Å²) >= 11 is 0. The van der Waals surface area contributed by atoms with Gasteiger partial charge in [-0.2, -0.15) is 0 Å². The Kier molecular flexibility index (Phi) is 3.49. The quantitative estimate of drug-likeness (QED) is 0.842. The van der Waals surface area contributed by atoms with Gasteiger partial charge in [0.2, 0.25) is 0 Å². The molecule has 1 aliphatic carbocycles. The Bertz CT molecular complexity index is 339. The first kappa shape index (κ1) is 11.5. The Labute approximate surface area is 97.4 Å². The highest BCUT2D eigenvalue weighted by atomic mass is 15.2. The fourth-order valence-corrected chi connectivity index (χ4v) is 2.54. The summed E-state index contributed by atoms with van der Waals surface area (Å²) in [5.74, 6) is 0.636. The molecule has 1 fully saturated rings. The maximum atomic E-state index is 5.81. The molecule has 2 N–H and O–H groups in total. The Morgan fingerprint density at radius 2 is 2.19 bits per heavy atom. The van der Waals surface area contributed by atoms with Gasteiger partial charge in [-0.1, -0.05) is 12.8 Å². The monoisotopic (exact) mass is 222 g/mol. The third kappa shape index (κ3) is 2.55. The van der Waals surface area contributed by atoms with Crippen LogP contribution in [-0.2, 0) is 6.54 Å². The van der Waals surface area contributed by atoms with Crippen LogP contribution in [0, 0.1) is 6.92 Å². The molecule has 90 valence electrons. The molecule has 1 aromatic rings. The molecule has 0 aromatic carbocycles. The number of imidazole rings is 1. The molecule has 1 aliphatic rings. The topological polar surface area (TPSA) is 47.1 Å². The molecule has 0 bridgehead atoms. The molecule has 1 heterocycles. The lowest BCUT2D eigenvalue weighted by atomic mass is 10.2. The van der Waals surface area contributed by atoms with E-state index < -0.39 is 0 Å². The van der Waals surface area contributed by atoms with E-state index >= 15 is 0 Å². The van der Waals surface area contributed by atoms with Gasteiger partial charge in [0.05, 0.1) is 5.69 Å². The summed E-state index contributed by atoms with van der Waals surface area (Å²) in [4.78, 5) is 6.67. The lowest BCUT2D eigenvalue weighted by molar-refractivity contribution is 0.237. The summed E-state index contributed by atoms with van der Waals surface area (Å²) in [6, 6.07) is 0.783. The van der Waals surface area contributed by atoms with Crippen molar-refractivity contribution in [1.82, 2.24) is 14.5 Å². The van der Waals surface area contributed by atoms with Gasteiger partial charge in [-0.05, 0) is 26.8 Å². The van der Waals surface area contributed by atoms with E-state index in [0.717, 1.165) is 24.8 Å². The molecule has 0 amide bonds. The lowest BCUT2D eigenvalue weighted by Gasteiger charge is -2.24. The number of likely N-dealkylation sites (N-methyl/N-ethyl adjacent to an activating group) is 1. The molecule has 1 saturated carbocycles. The third-order valence-corrected chi connectivity index (χ3v) is 3.57. The van der Waals surface area contributed by atoms with Gasteiger partial charge >= 0.3 is 0 Å². The molecule has 0 aliphatic heterocycles. The number of aryl methyl sites for hydroxylation is 1. The number of aromatic nitrogens is 2. The minimum absolute atomic E-state index is 0.636. The molecular formula is C12H22N4. The number of nitrogens with zero attached hydrogens (tertiary/aromatic N) is 3. The first-order valence-corrected chi connectivity index (χ1v) is 6.16. The van der Waals surface area contributed by atoms with Crippen molar-refractivity contribution < 1.29 is 0 Å². The van der Waals surface area contributed by atoms with Gasteiger partial charge in [-0.3, -0.25) is 0 Å². The van der Waals surface area contributed by atoms with Crippen molar-refractivity contribution in [2.24, 2.45) is 0 Å². The van der Waals surface area contributed by atoms with Crippen molar-refractivity contribution >= 4 is 5.95 Å². The molecule has 0 radical (unpaired) electrons. The first-order valence-electron chi connectivity index (χ1n) is 6.16. The minimum atomic E-state index is 0.636. The molecule has 16 heavy (non-hydrogen) atoms. The molecule has 1 aromatic heterocycles. The standard InChI is InChI=1S/C12H22N4/c1-10-9-16(12(13)14-10)8-7-15(2)11-5-3-4-6-11/h9,11H,3-8H2,1-2H3,(H2,13,14). The van der Waals surface area contributed by atoms with E-state index in [1.54, 1.807) is 0 Å². The van der Waals surface area contributed by atoms with E-state index in [2.05, 4.69) is 16.9 Å².